The third-order valence-electron chi connectivity index (χ3n) is 3.48. The number of hydrogen-bond acceptors (Lipinski definition) is 3. The van der Waals surface area contributed by atoms with E-state index in [1.54, 1.807) is 0 Å². The molecule has 0 aromatic rings. The first-order valence-electron chi connectivity index (χ1n) is 5.54. The molecule has 2 unspecified atom stereocenters. The van der Waals surface area contributed by atoms with E-state index in [9.17, 15) is 4.57 Å². The predicted octanol–water partition coefficient (Wildman–Crippen LogP) is 2.14. The molecule has 1 aliphatic rings. The van der Waals surface area contributed by atoms with Crippen molar-refractivity contribution in [1.29, 1.82) is 0 Å². The third-order valence-corrected chi connectivity index (χ3v) is 4.96. The van der Waals surface area contributed by atoms with Crippen LogP contribution < -0.4 is 11.0 Å². The Bertz CT molecular complexity index is 329. The minimum atomic E-state index is -3.21. The summed E-state index contributed by atoms with van der Waals surface area (Å²) in [5.74, 6) is 0.406. The van der Waals surface area contributed by atoms with Gasteiger partial charge in [0, 0.05) is 0 Å². The van der Waals surface area contributed by atoms with Crippen molar-refractivity contribution < 1.29 is 9.77 Å². The summed E-state index contributed by atoms with van der Waals surface area (Å²) in [7, 11) is -3.21. The summed E-state index contributed by atoms with van der Waals surface area (Å²) in [6.45, 7) is 6.44. The molecule has 1 rings (SSSR count). The smallest absolute Gasteiger partial charge is 0.214 e. The SMILES string of the molecule is CC(C)(C)C1CC/C(=N/O)C(P(N)(N)=O)C1. The number of nitrogens with two attached hydrogens (primary N) is 2. The van der Waals surface area contributed by atoms with E-state index in [2.05, 4.69) is 25.9 Å². The third kappa shape index (κ3) is 3.06. The zero-order chi connectivity index (χ0) is 12.6. The molecular weight excluding hydrogens is 225 g/mol. The Morgan fingerprint density at radius 1 is 1.44 bits per heavy atom. The molecule has 0 aromatic carbocycles. The van der Waals surface area contributed by atoms with Crippen LogP contribution in [0.15, 0.2) is 5.16 Å². The van der Waals surface area contributed by atoms with E-state index in [1.807, 2.05) is 0 Å². The second kappa shape index (κ2) is 4.47. The van der Waals surface area contributed by atoms with Gasteiger partial charge in [-0.1, -0.05) is 25.9 Å². The average molecular weight is 247 g/mol. The number of hydrogen-bond donors (Lipinski definition) is 3. The molecule has 0 amide bonds. The Morgan fingerprint density at radius 3 is 2.38 bits per heavy atom. The maximum Gasteiger partial charge on any atom is 0.214 e. The van der Waals surface area contributed by atoms with Gasteiger partial charge in [-0.3, -0.25) is 15.6 Å². The number of rotatable bonds is 1. The molecule has 0 bridgehead atoms. The summed E-state index contributed by atoms with van der Waals surface area (Å²) in [6, 6.07) is 0. The van der Waals surface area contributed by atoms with Crippen molar-refractivity contribution in [2.45, 2.75) is 45.7 Å². The van der Waals surface area contributed by atoms with E-state index in [0.29, 0.717) is 24.5 Å². The predicted molar refractivity (Wildman–Crippen MR) is 65.8 cm³/mol. The molecule has 0 radical (unpaired) electrons. The highest BCUT2D eigenvalue weighted by molar-refractivity contribution is 7.60. The minimum Gasteiger partial charge on any atom is -0.411 e. The van der Waals surface area contributed by atoms with Crippen LogP contribution in [-0.4, -0.2) is 16.6 Å². The largest absolute Gasteiger partial charge is 0.411 e. The lowest BCUT2D eigenvalue weighted by molar-refractivity contribution is 0.206. The van der Waals surface area contributed by atoms with Crippen LogP contribution in [0, 0.1) is 11.3 Å². The van der Waals surface area contributed by atoms with Crippen molar-refractivity contribution in [2.75, 3.05) is 0 Å². The van der Waals surface area contributed by atoms with Crippen molar-refractivity contribution in [3.05, 3.63) is 0 Å². The molecule has 1 aliphatic carbocycles. The lowest BCUT2D eigenvalue weighted by atomic mass is 9.72. The van der Waals surface area contributed by atoms with E-state index < -0.39 is 13.1 Å². The first-order chi connectivity index (χ1) is 7.16. The Balaban J connectivity index is 2.91. The fraction of sp³-hybridized carbons (Fsp3) is 0.900. The average Bonchev–Trinajstić information content (AvgIpc) is 2.14. The van der Waals surface area contributed by atoms with Crippen LogP contribution in [0.2, 0.25) is 0 Å². The molecule has 16 heavy (non-hydrogen) atoms. The fourth-order valence-corrected chi connectivity index (χ4v) is 3.54. The van der Waals surface area contributed by atoms with Gasteiger partial charge < -0.3 is 5.21 Å². The molecule has 0 aliphatic heterocycles. The van der Waals surface area contributed by atoms with Crippen LogP contribution in [0.25, 0.3) is 0 Å². The molecule has 5 nitrogen and oxygen atoms in total. The maximum absolute atomic E-state index is 11.8. The molecule has 1 fully saturated rings. The molecule has 5 N–H and O–H groups in total. The van der Waals surface area contributed by atoms with E-state index in [1.165, 1.54) is 0 Å². The van der Waals surface area contributed by atoms with Gasteiger partial charge in [-0.25, -0.2) is 0 Å². The molecule has 0 spiro atoms. The highest BCUT2D eigenvalue weighted by Gasteiger charge is 2.40. The van der Waals surface area contributed by atoms with Crippen LogP contribution in [0.4, 0.5) is 0 Å². The van der Waals surface area contributed by atoms with E-state index >= 15 is 0 Å². The number of nitrogens with zero attached hydrogens (tertiary/aromatic N) is 1. The van der Waals surface area contributed by atoms with E-state index in [4.69, 9.17) is 16.2 Å². The van der Waals surface area contributed by atoms with Crippen molar-refractivity contribution >= 4 is 13.2 Å². The monoisotopic (exact) mass is 247 g/mol. The summed E-state index contributed by atoms with van der Waals surface area (Å²) >= 11 is 0. The molecule has 1 saturated carbocycles. The van der Waals surface area contributed by atoms with Crippen LogP contribution >= 0.6 is 7.44 Å². The lowest BCUT2D eigenvalue weighted by Gasteiger charge is -2.38. The molecule has 94 valence electrons. The lowest BCUT2D eigenvalue weighted by Crippen LogP contribution is -2.38. The summed E-state index contributed by atoms with van der Waals surface area (Å²) in [5.41, 5.74) is 11.2. The van der Waals surface area contributed by atoms with Gasteiger partial charge in [0.2, 0.25) is 7.44 Å². The van der Waals surface area contributed by atoms with Crippen LogP contribution in [0.1, 0.15) is 40.0 Å². The zero-order valence-corrected chi connectivity index (χ0v) is 11.1. The maximum atomic E-state index is 11.8. The van der Waals surface area contributed by atoms with Gasteiger partial charge in [0.05, 0.1) is 11.4 Å². The van der Waals surface area contributed by atoms with Crippen molar-refractivity contribution in [3.63, 3.8) is 0 Å². The molecule has 0 aromatic heterocycles. The molecule has 0 heterocycles. The first-order valence-corrected chi connectivity index (χ1v) is 7.45. The van der Waals surface area contributed by atoms with E-state index in [-0.39, 0.29) is 5.41 Å². The van der Waals surface area contributed by atoms with E-state index in [0.717, 1.165) is 6.42 Å². The normalized spacial score (nSPS) is 30.7. The summed E-state index contributed by atoms with van der Waals surface area (Å²) in [6.07, 6.45) is 2.20. The topological polar surface area (TPSA) is 102 Å². The second-order valence-electron chi connectivity index (χ2n) is 5.71. The van der Waals surface area contributed by atoms with Gasteiger partial charge in [0.1, 0.15) is 0 Å². The highest BCUT2D eigenvalue weighted by atomic mass is 31.2. The van der Waals surface area contributed by atoms with Gasteiger partial charge in [-0.15, -0.1) is 0 Å². The Kier molecular flexibility index (Phi) is 3.83. The summed E-state index contributed by atoms with van der Waals surface area (Å²) < 4.78 is 11.8. The van der Waals surface area contributed by atoms with Crippen molar-refractivity contribution in [1.82, 2.24) is 0 Å². The van der Waals surface area contributed by atoms with Gasteiger partial charge in [-0.2, -0.15) is 0 Å². The van der Waals surface area contributed by atoms with Crippen LogP contribution in [0.5, 0.6) is 0 Å². The second-order valence-corrected chi connectivity index (χ2v) is 7.86. The van der Waals surface area contributed by atoms with Crippen molar-refractivity contribution in [2.24, 2.45) is 27.5 Å². The standard InChI is InChI=1S/C10H22N3O2P/c1-10(2,3)7-4-5-8(13-14)9(6-7)16(11,12)15/h7,9,14H,4-6H2,1-3H3,(H4,11,12,15)/b13-8-. The van der Waals surface area contributed by atoms with Crippen molar-refractivity contribution in [3.8, 4) is 0 Å². The van der Waals surface area contributed by atoms with Gasteiger partial charge in [0.15, 0.2) is 0 Å². The molecule has 0 saturated heterocycles. The number of oxime groups is 1. The summed E-state index contributed by atoms with van der Waals surface area (Å²) in [4.78, 5) is 0. The zero-order valence-electron chi connectivity index (χ0n) is 10.2. The van der Waals surface area contributed by atoms with Gasteiger partial charge in [-0.05, 0) is 30.6 Å². The van der Waals surface area contributed by atoms with Crippen LogP contribution in [-0.2, 0) is 4.57 Å². The molecule has 2 atom stereocenters. The Hall–Kier alpha value is -0.380. The quantitative estimate of drug-likeness (QED) is 0.375. The van der Waals surface area contributed by atoms with Crippen LogP contribution in [0.3, 0.4) is 0 Å². The Morgan fingerprint density at radius 2 is 2.00 bits per heavy atom. The van der Waals surface area contributed by atoms with Gasteiger partial charge in [0.25, 0.3) is 0 Å². The highest BCUT2D eigenvalue weighted by Crippen LogP contribution is 2.47. The molecule has 6 heteroatoms. The summed E-state index contributed by atoms with van der Waals surface area (Å²) in [5, 5.41) is 12.1. The Labute approximate surface area is 96.7 Å². The first kappa shape index (κ1) is 13.7. The minimum absolute atomic E-state index is 0.133. The van der Waals surface area contributed by atoms with Gasteiger partial charge >= 0.3 is 0 Å². The fourth-order valence-electron chi connectivity index (χ4n) is 2.31. The molecular formula is C10H22N3O2P.